The van der Waals surface area contributed by atoms with Crippen LogP contribution in [0.25, 0.3) is 10.9 Å². The van der Waals surface area contributed by atoms with Crippen molar-refractivity contribution in [1.29, 1.82) is 5.41 Å². The number of nitrogens with one attached hydrogen (secondary N) is 4. The number of pyridine rings is 1. The van der Waals surface area contributed by atoms with Gasteiger partial charge in [0, 0.05) is 59.5 Å². The molecule has 0 aliphatic rings. The molecule has 0 aliphatic heterocycles. The topological polar surface area (TPSA) is 96.9 Å². The molecule has 0 saturated carbocycles. The first-order chi connectivity index (χ1) is 13.5. The van der Waals surface area contributed by atoms with Crippen molar-refractivity contribution in [2.24, 2.45) is 0 Å². The van der Waals surface area contributed by atoms with E-state index in [-0.39, 0.29) is 5.91 Å². The van der Waals surface area contributed by atoms with E-state index < -0.39 is 0 Å². The molecule has 0 aliphatic carbocycles. The van der Waals surface area contributed by atoms with Gasteiger partial charge in [-0.15, -0.1) is 0 Å². The Kier molecular flexibility index (Phi) is 5.75. The van der Waals surface area contributed by atoms with Crippen molar-refractivity contribution in [3.8, 4) is 0 Å². The fraction of sp³-hybridized carbons (Fsp3) is 0.286. The molecule has 146 valence electrons. The van der Waals surface area contributed by atoms with E-state index in [0.717, 1.165) is 28.7 Å². The summed E-state index contributed by atoms with van der Waals surface area (Å²) in [5, 5.41) is 14.4. The second-order valence-corrected chi connectivity index (χ2v) is 6.92. The van der Waals surface area contributed by atoms with Crippen LogP contribution in [0.15, 0.2) is 36.5 Å². The predicted octanol–water partition coefficient (Wildman–Crippen LogP) is 3.87. The standard InChI is InChI=1S/C21H26N6O/c1-5-19(27(3)4)18-9-15-12-24-20(10-17(15)25-18)26-21(28)13-6-7-16(23-2)14(8-13)11-22/h6-12,19,22-23,25H,5H2,1-4H3,(H,24,26,28). The van der Waals surface area contributed by atoms with Crippen LogP contribution in [0.2, 0.25) is 0 Å². The Morgan fingerprint density at radius 2 is 2.11 bits per heavy atom. The van der Waals surface area contributed by atoms with E-state index in [1.807, 2.05) is 6.07 Å². The SMILES string of the molecule is CCC(c1cc2cnc(NC(=O)c3ccc(NC)c(C=N)c3)cc2[nH]1)N(C)C. The summed E-state index contributed by atoms with van der Waals surface area (Å²) in [5.41, 5.74) is 4.00. The summed E-state index contributed by atoms with van der Waals surface area (Å²) in [7, 11) is 5.90. The number of hydrogen-bond acceptors (Lipinski definition) is 5. The zero-order valence-corrected chi connectivity index (χ0v) is 16.6. The Labute approximate surface area is 164 Å². The number of rotatable bonds is 7. The quantitative estimate of drug-likeness (QED) is 0.469. The number of hydrogen-bond donors (Lipinski definition) is 4. The first-order valence-corrected chi connectivity index (χ1v) is 9.25. The van der Waals surface area contributed by atoms with Gasteiger partial charge in [-0.1, -0.05) is 6.92 Å². The normalized spacial score (nSPS) is 12.2. The van der Waals surface area contributed by atoms with E-state index in [0.29, 0.717) is 23.0 Å². The summed E-state index contributed by atoms with van der Waals surface area (Å²) in [5.74, 6) is 0.224. The summed E-state index contributed by atoms with van der Waals surface area (Å²) in [6, 6.07) is 9.45. The van der Waals surface area contributed by atoms with Crippen molar-refractivity contribution in [1.82, 2.24) is 14.9 Å². The fourth-order valence-corrected chi connectivity index (χ4v) is 3.40. The van der Waals surface area contributed by atoms with Gasteiger partial charge in [0.15, 0.2) is 0 Å². The van der Waals surface area contributed by atoms with Gasteiger partial charge < -0.3 is 25.9 Å². The third-order valence-electron chi connectivity index (χ3n) is 4.87. The highest BCUT2D eigenvalue weighted by molar-refractivity contribution is 6.06. The van der Waals surface area contributed by atoms with Crippen LogP contribution in [0, 0.1) is 5.41 Å². The van der Waals surface area contributed by atoms with Gasteiger partial charge in [-0.2, -0.15) is 0 Å². The van der Waals surface area contributed by atoms with Gasteiger partial charge in [-0.25, -0.2) is 4.98 Å². The monoisotopic (exact) mass is 378 g/mol. The molecule has 3 aromatic rings. The molecule has 0 bridgehead atoms. The predicted molar refractivity (Wildman–Crippen MR) is 115 cm³/mol. The van der Waals surface area contributed by atoms with Gasteiger partial charge in [-0.05, 0) is 44.8 Å². The number of anilines is 2. The van der Waals surface area contributed by atoms with Crippen LogP contribution in [0.3, 0.4) is 0 Å². The van der Waals surface area contributed by atoms with Crippen LogP contribution in [0.1, 0.15) is 41.0 Å². The molecule has 1 unspecified atom stereocenters. The molecule has 4 N–H and O–H groups in total. The minimum absolute atomic E-state index is 0.260. The summed E-state index contributed by atoms with van der Waals surface area (Å²) in [6.07, 6.45) is 3.98. The van der Waals surface area contributed by atoms with Crippen LogP contribution in [0.5, 0.6) is 0 Å². The van der Waals surface area contributed by atoms with Gasteiger partial charge in [0.25, 0.3) is 5.91 Å². The average molecular weight is 378 g/mol. The highest BCUT2D eigenvalue weighted by atomic mass is 16.1. The maximum Gasteiger partial charge on any atom is 0.256 e. The molecule has 0 saturated heterocycles. The lowest BCUT2D eigenvalue weighted by atomic mass is 10.1. The van der Waals surface area contributed by atoms with Crippen LogP contribution < -0.4 is 10.6 Å². The molecule has 28 heavy (non-hydrogen) atoms. The Balaban J connectivity index is 1.84. The van der Waals surface area contributed by atoms with E-state index in [1.54, 1.807) is 31.4 Å². The van der Waals surface area contributed by atoms with Crippen LogP contribution in [-0.4, -0.2) is 48.1 Å². The zero-order valence-electron chi connectivity index (χ0n) is 16.6. The number of aromatic nitrogens is 2. The molecule has 2 heterocycles. The number of carbonyl (C=O) groups excluding carboxylic acids is 1. The van der Waals surface area contributed by atoms with Crippen molar-refractivity contribution < 1.29 is 4.79 Å². The first kappa shape index (κ1) is 19.6. The van der Waals surface area contributed by atoms with E-state index in [9.17, 15) is 4.79 Å². The van der Waals surface area contributed by atoms with Gasteiger partial charge in [0.05, 0.1) is 5.52 Å². The number of nitrogens with zero attached hydrogens (tertiary/aromatic N) is 2. The smallest absolute Gasteiger partial charge is 0.256 e. The molecule has 7 nitrogen and oxygen atoms in total. The van der Waals surface area contributed by atoms with Crippen molar-refractivity contribution in [2.45, 2.75) is 19.4 Å². The van der Waals surface area contributed by atoms with Crippen LogP contribution >= 0.6 is 0 Å². The van der Waals surface area contributed by atoms with E-state index >= 15 is 0 Å². The fourth-order valence-electron chi connectivity index (χ4n) is 3.40. The highest BCUT2D eigenvalue weighted by Gasteiger charge is 2.15. The van der Waals surface area contributed by atoms with E-state index in [1.165, 1.54) is 6.21 Å². The molecule has 7 heteroatoms. The third-order valence-corrected chi connectivity index (χ3v) is 4.87. The molecule has 0 radical (unpaired) electrons. The largest absolute Gasteiger partial charge is 0.388 e. The molecule has 0 spiro atoms. The molecule has 0 fully saturated rings. The van der Waals surface area contributed by atoms with Crippen molar-refractivity contribution in [2.75, 3.05) is 31.8 Å². The molecule has 1 aromatic carbocycles. The van der Waals surface area contributed by atoms with E-state index in [4.69, 9.17) is 5.41 Å². The molecule has 3 rings (SSSR count). The summed E-state index contributed by atoms with van der Waals surface area (Å²) in [6.45, 7) is 2.15. The Morgan fingerprint density at radius 1 is 1.32 bits per heavy atom. The lowest BCUT2D eigenvalue weighted by Gasteiger charge is -2.21. The highest BCUT2D eigenvalue weighted by Crippen LogP contribution is 2.26. The molecular formula is C21H26N6O. The number of amides is 1. The molecule has 1 amide bonds. The molecule has 1 atom stereocenters. The van der Waals surface area contributed by atoms with Gasteiger partial charge in [0.2, 0.25) is 0 Å². The zero-order chi connectivity index (χ0) is 20.3. The Hall–Kier alpha value is -3.19. The minimum Gasteiger partial charge on any atom is -0.388 e. The number of fused-ring (bicyclic) bond motifs is 1. The summed E-state index contributed by atoms with van der Waals surface area (Å²) in [4.78, 5) is 22.6. The summed E-state index contributed by atoms with van der Waals surface area (Å²) >= 11 is 0. The number of carbonyl (C=O) groups is 1. The maximum absolute atomic E-state index is 12.6. The van der Waals surface area contributed by atoms with Crippen molar-refractivity contribution >= 4 is 34.5 Å². The minimum atomic E-state index is -0.260. The first-order valence-electron chi connectivity index (χ1n) is 9.25. The second kappa shape index (κ2) is 8.22. The molecular weight excluding hydrogens is 352 g/mol. The van der Waals surface area contributed by atoms with E-state index in [2.05, 4.69) is 52.6 Å². The Bertz CT molecular complexity index is 1010. The van der Waals surface area contributed by atoms with Gasteiger partial charge in [-0.3, -0.25) is 4.79 Å². The third kappa shape index (κ3) is 3.89. The number of benzene rings is 1. The van der Waals surface area contributed by atoms with Gasteiger partial charge >= 0.3 is 0 Å². The van der Waals surface area contributed by atoms with Gasteiger partial charge in [0.1, 0.15) is 5.82 Å². The number of aromatic amines is 1. The lowest BCUT2D eigenvalue weighted by Crippen LogP contribution is -2.19. The number of H-pyrrole nitrogens is 1. The average Bonchev–Trinajstić information content (AvgIpc) is 3.10. The molecule has 2 aromatic heterocycles. The van der Waals surface area contributed by atoms with Crippen molar-refractivity contribution in [3.63, 3.8) is 0 Å². The maximum atomic E-state index is 12.6. The van der Waals surface area contributed by atoms with Crippen LogP contribution in [0.4, 0.5) is 11.5 Å². The summed E-state index contributed by atoms with van der Waals surface area (Å²) < 4.78 is 0. The Morgan fingerprint density at radius 3 is 2.75 bits per heavy atom. The lowest BCUT2D eigenvalue weighted by molar-refractivity contribution is 0.102. The van der Waals surface area contributed by atoms with Crippen LogP contribution in [-0.2, 0) is 0 Å². The second-order valence-electron chi connectivity index (χ2n) is 6.92. The van der Waals surface area contributed by atoms with Crippen molar-refractivity contribution in [3.05, 3.63) is 53.3 Å².